The van der Waals surface area contributed by atoms with Crippen LogP contribution in [0.1, 0.15) is 25.0 Å². The van der Waals surface area contributed by atoms with Crippen LogP contribution in [-0.2, 0) is 5.41 Å². The Bertz CT molecular complexity index is 3020. The molecule has 8 aromatic carbocycles. The number of hydrogen-bond acceptors (Lipinski definition) is 1. The summed E-state index contributed by atoms with van der Waals surface area (Å²) in [5.74, 6) is 0. The molecule has 0 aliphatic heterocycles. The Labute approximate surface area is 314 Å². The van der Waals surface area contributed by atoms with Crippen molar-refractivity contribution >= 4 is 60.7 Å². The number of rotatable bonds is 5. The Kier molecular flexibility index (Phi) is 6.60. The lowest BCUT2D eigenvalue weighted by Crippen LogP contribution is -2.16. The number of hydrogen-bond donors (Lipinski definition) is 0. The fraction of sp³-hybridized carbons (Fsp3) is 0.0588. The summed E-state index contributed by atoms with van der Waals surface area (Å²) in [4.78, 5) is 2.42. The average molecular weight is 692 g/mol. The molecule has 0 unspecified atom stereocenters. The highest BCUT2D eigenvalue weighted by Crippen LogP contribution is 2.51. The van der Waals surface area contributed by atoms with E-state index < -0.39 is 0 Å². The summed E-state index contributed by atoms with van der Waals surface area (Å²) in [7, 11) is 0. The van der Waals surface area contributed by atoms with Crippen LogP contribution in [-0.4, -0.2) is 9.13 Å². The Balaban J connectivity index is 1.16. The third-order valence-electron chi connectivity index (χ3n) is 11.7. The zero-order valence-corrected chi connectivity index (χ0v) is 30.2. The summed E-state index contributed by atoms with van der Waals surface area (Å²) in [5, 5.41) is 4.96. The number of para-hydroxylation sites is 4. The normalized spacial score (nSPS) is 13.1. The second-order valence-corrected chi connectivity index (χ2v) is 15.0. The van der Waals surface area contributed by atoms with Gasteiger partial charge in [-0.2, -0.15) is 0 Å². The summed E-state index contributed by atoms with van der Waals surface area (Å²) in [6.45, 7) is 4.71. The number of fused-ring (bicyclic) bond motifs is 9. The van der Waals surface area contributed by atoms with E-state index >= 15 is 0 Å². The minimum Gasteiger partial charge on any atom is -0.310 e. The minimum atomic E-state index is -0.0967. The molecule has 3 nitrogen and oxygen atoms in total. The maximum absolute atomic E-state index is 2.42. The minimum absolute atomic E-state index is 0.0967. The van der Waals surface area contributed by atoms with Crippen molar-refractivity contribution in [3.63, 3.8) is 0 Å². The first-order valence-electron chi connectivity index (χ1n) is 18.8. The molecule has 0 atom stereocenters. The highest BCUT2D eigenvalue weighted by molar-refractivity contribution is 6.13. The lowest BCUT2D eigenvalue weighted by Gasteiger charge is -2.28. The van der Waals surface area contributed by atoms with Gasteiger partial charge >= 0.3 is 0 Å². The summed E-state index contributed by atoms with van der Waals surface area (Å²) in [5.41, 5.74) is 15.8. The smallest absolute Gasteiger partial charge is 0.0542 e. The van der Waals surface area contributed by atoms with Crippen molar-refractivity contribution in [1.82, 2.24) is 9.13 Å². The van der Waals surface area contributed by atoms with E-state index in [2.05, 4.69) is 216 Å². The molecule has 0 amide bonds. The number of anilines is 3. The predicted molar refractivity (Wildman–Crippen MR) is 227 cm³/mol. The van der Waals surface area contributed by atoms with Crippen LogP contribution in [0, 0.1) is 0 Å². The van der Waals surface area contributed by atoms with Crippen molar-refractivity contribution in [3.05, 3.63) is 199 Å². The van der Waals surface area contributed by atoms with Crippen molar-refractivity contribution in [2.24, 2.45) is 0 Å². The zero-order chi connectivity index (χ0) is 36.0. The van der Waals surface area contributed by atoms with Crippen LogP contribution in [0.2, 0.25) is 0 Å². The van der Waals surface area contributed by atoms with Gasteiger partial charge in [0.2, 0.25) is 0 Å². The molecule has 11 rings (SSSR count). The SMILES string of the molecule is CC1(C)c2ccccc2-c2ccc(N(c3ccccc3)c3ccc4c(c3)c3cc(-n5c6ccccc6c6ccccc65)ccc3n4-c3ccccc3)cc21. The van der Waals surface area contributed by atoms with E-state index in [1.165, 1.54) is 65.9 Å². The fourth-order valence-electron chi connectivity index (χ4n) is 9.19. The maximum Gasteiger partial charge on any atom is 0.0542 e. The van der Waals surface area contributed by atoms with Gasteiger partial charge in [0.1, 0.15) is 0 Å². The zero-order valence-electron chi connectivity index (χ0n) is 30.2. The van der Waals surface area contributed by atoms with Gasteiger partial charge in [0.05, 0.1) is 22.1 Å². The number of aromatic nitrogens is 2. The first-order chi connectivity index (χ1) is 26.6. The van der Waals surface area contributed by atoms with Crippen LogP contribution in [0.25, 0.3) is 66.1 Å². The van der Waals surface area contributed by atoms with E-state index in [9.17, 15) is 0 Å². The van der Waals surface area contributed by atoms with Crippen molar-refractivity contribution in [2.45, 2.75) is 19.3 Å². The summed E-state index contributed by atoms with van der Waals surface area (Å²) in [6.07, 6.45) is 0. The van der Waals surface area contributed by atoms with Crippen LogP contribution in [0.15, 0.2) is 188 Å². The van der Waals surface area contributed by atoms with Gasteiger partial charge in [-0.25, -0.2) is 0 Å². The molecular formula is C51H37N3. The van der Waals surface area contributed by atoms with Gasteiger partial charge in [0, 0.05) is 55.4 Å². The first kappa shape index (κ1) is 30.8. The summed E-state index contributed by atoms with van der Waals surface area (Å²) in [6, 6.07) is 68.9. The number of nitrogens with zero attached hydrogens (tertiary/aromatic N) is 3. The second-order valence-electron chi connectivity index (χ2n) is 15.0. The van der Waals surface area contributed by atoms with E-state index in [4.69, 9.17) is 0 Å². The topological polar surface area (TPSA) is 13.1 Å². The molecule has 2 heterocycles. The van der Waals surface area contributed by atoms with Gasteiger partial charge in [-0.05, 0) is 107 Å². The maximum atomic E-state index is 2.42. The Morgan fingerprint density at radius 1 is 0.352 bits per heavy atom. The molecule has 3 heteroatoms. The van der Waals surface area contributed by atoms with Crippen molar-refractivity contribution in [2.75, 3.05) is 4.90 Å². The first-order valence-corrected chi connectivity index (χ1v) is 18.8. The average Bonchev–Trinajstić information content (AvgIpc) is 3.81. The van der Waals surface area contributed by atoms with E-state index in [0.29, 0.717) is 0 Å². The van der Waals surface area contributed by atoms with Crippen LogP contribution < -0.4 is 4.90 Å². The monoisotopic (exact) mass is 691 g/mol. The largest absolute Gasteiger partial charge is 0.310 e. The van der Waals surface area contributed by atoms with Gasteiger partial charge in [0.25, 0.3) is 0 Å². The van der Waals surface area contributed by atoms with Crippen LogP contribution in [0.4, 0.5) is 17.1 Å². The molecule has 0 radical (unpaired) electrons. The van der Waals surface area contributed by atoms with Gasteiger partial charge in [-0.1, -0.05) is 117 Å². The molecule has 2 aromatic heterocycles. The molecule has 0 N–H and O–H groups in total. The number of benzene rings is 8. The Hall–Kier alpha value is -6.84. The molecule has 54 heavy (non-hydrogen) atoms. The molecule has 0 saturated carbocycles. The van der Waals surface area contributed by atoms with Crippen LogP contribution >= 0.6 is 0 Å². The molecule has 1 aliphatic rings. The molecule has 0 bridgehead atoms. The van der Waals surface area contributed by atoms with Crippen LogP contribution in [0.5, 0.6) is 0 Å². The lowest BCUT2D eigenvalue weighted by atomic mass is 9.82. The summed E-state index contributed by atoms with van der Waals surface area (Å²) >= 11 is 0. The molecule has 0 spiro atoms. The predicted octanol–water partition coefficient (Wildman–Crippen LogP) is 13.7. The summed E-state index contributed by atoms with van der Waals surface area (Å²) < 4.78 is 4.83. The molecule has 0 saturated heterocycles. The van der Waals surface area contributed by atoms with E-state index in [-0.39, 0.29) is 5.41 Å². The third-order valence-corrected chi connectivity index (χ3v) is 11.7. The molecule has 1 aliphatic carbocycles. The van der Waals surface area contributed by atoms with Crippen molar-refractivity contribution in [1.29, 1.82) is 0 Å². The van der Waals surface area contributed by atoms with Gasteiger partial charge in [-0.3, -0.25) is 0 Å². The van der Waals surface area contributed by atoms with E-state index in [0.717, 1.165) is 28.4 Å². The van der Waals surface area contributed by atoms with Gasteiger partial charge in [0.15, 0.2) is 0 Å². The molecule has 256 valence electrons. The third kappa shape index (κ3) is 4.42. The highest BCUT2D eigenvalue weighted by atomic mass is 15.1. The Morgan fingerprint density at radius 2 is 0.870 bits per heavy atom. The molecule has 10 aromatic rings. The Morgan fingerprint density at radius 3 is 1.61 bits per heavy atom. The standard InChI is InChI=1S/C51H37N3/c1-51(2)45-22-12-9-19-39(45)40-28-25-38(33-46(40)51)52(34-15-5-3-6-16-34)36-26-29-49-43(31-36)44-32-37(27-30-50(44)53(49)35-17-7-4-8-18-35)54-47-23-13-10-20-41(47)42-21-11-14-24-48(42)54/h3-33H,1-2H3. The van der Waals surface area contributed by atoms with Gasteiger partial charge < -0.3 is 14.0 Å². The highest BCUT2D eigenvalue weighted by Gasteiger charge is 2.35. The lowest BCUT2D eigenvalue weighted by molar-refractivity contribution is 0.660. The second kappa shape index (κ2) is 11.6. The molecule has 0 fully saturated rings. The van der Waals surface area contributed by atoms with Gasteiger partial charge in [-0.15, -0.1) is 0 Å². The quantitative estimate of drug-likeness (QED) is 0.175. The van der Waals surface area contributed by atoms with Crippen molar-refractivity contribution < 1.29 is 0 Å². The molecular weight excluding hydrogens is 655 g/mol. The fourth-order valence-corrected chi connectivity index (χ4v) is 9.19. The van der Waals surface area contributed by atoms with E-state index in [1.54, 1.807) is 0 Å². The van der Waals surface area contributed by atoms with E-state index in [1.807, 2.05) is 0 Å². The van der Waals surface area contributed by atoms with Crippen LogP contribution in [0.3, 0.4) is 0 Å². The van der Waals surface area contributed by atoms with Crippen molar-refractivity contribution in [3.8, 4) is 22.5 Å².